The van der Waals surface area contributed by atoms with Gasteiger partial charge in [0, 0.05) is 30.8 Å². The number of nitrogens with zero attached hydrogens (tertiary/aromatic N) is 1. The number of benzene rings is 3. The van der Waals surface area contributed by atoms with E-state index in [0.717, 1.165) is 46.0 Å². The highest BCUT2D eigenvalue weighted by Gasteiger charge is 2.30. The molecule has 2 N–H and O–H groups in total. The molecule has 35 heavy (non-hydrogen) atoms. The summed E-state index contributed by atoms with van der Waals surface area (Å²) >= 11 is 6.07. The number of fused-ring (bicyclic) bond motifs is 1. The molecule has 0 radical (unpaired) electrons. The molecule has 6 heteroatoms. The van der Waals surface area contributed by atoms with Crippen molar-refractivity contribution in [1.82, 2.24) is 4.90 Å². The Kier molecular flexibility index (Phi) is 6.63. The van der Waals surface area contributed by atoms with E-state index >= 15 is 0 Å². The first-order chi connectivity index (χ1) is 16.9. The second-order valence-electron chi connectivity index (χ2n) is 9.33. The van der Waals surface area contributed by atoms with Gasteiger partial charge in [-0.1, -0.05) is 43.1 Å². The highest BCUT2D eigenvalue weighted by molar-refractivity contribution is 6.32. The van der Waals surface area contributed by atoms with E-state index in [4.69, 9.17) is 21.1 Å². The van der Waals surface area contributed by atoms with Gasteiger partial charge >= 0.3 is 0 Å². The number of phenols is 2. The van der Waals surface area contributed by atoms with E-state index in [-0.39, 0.29) is 11.5 Å². The molecule has 3 aromatic carbocycles. The van der Waals surface area contributed by atoms with Crippen LogP contribution < -0.4 is 9.47 Å². The van der Waals surface area contributed by atoms with Gasteiger partial charge in [-0.05, 0) is 72.0 Å². The van der Waals surface area contributed by atoms with Crippen LogP contribution in [0.15, 0.2) is 60.7 Å². The molecule has 5 nitrogen and oxygen atoms in total. The lowest BCUT2D eigenvalue weighted by atomic mass is 9.86. The average Bonchev–Trinajstić information content (AvgIpc) is 2.83. The number of halogens is 1. The smallest absolute Gasteiger partial charge is 0.150 e. The fourth-order valence-electron chi connectivity index (χ4n) is 4.87. The van der Waals surface area contributed by atoms with Crippen molar-refractivity contribution in [2.45, 2.75) is 26.4 Å². The quantitative estimate of drug-likeness (QED) is 0.393. The average molecular weight is 492 g/mol. The molecule has 0 spiro atoms. The molecule has 0 bridgehead atoms. The first kappa shape index (κ1) is 23.6. The van der Waals surface area contributed by atoms with Crippen molar-refractivity contribution >= 4 is 22.7 Å². The number of hydrogen-bond donors (Lipinski definition) is 2. The fraction of sp³-hybridized carbons (Fsp3) is 0.310. The molecule has 0 amide bonds. The minimum absolute atomic E-state index is 0.0149. The summed E-state index contributed by atoms with van der Waals surface area (Å²) in [5.74, 6) is 2.56. The van der Waals surface area contributed by atoms with Gasteiger partial charge in [-0.2, -0.15) is 0 Å². The fourth-order valence-corrected chi connectivity index (χ4v) is 4.99. The van der Waals surface area contributed by atoms with Crippen molar-refractivity contribution < 1.29 is 19.7 Å². The molecule has 0 aromatic heterocycles. The zero-order valence-corrected chi connectivity index (χ0v) is 20.8. The van der Waals surface area contributed by atoms with Gasteiger partial charge in [0.1, 0.15) is 35.7 Å². The second-order valence-corrected chi connectivity index (χ2v) is 9.74. The molecule has 1 atom stereocenters. The normalized spacial score (nSPS) is 18.1. The van der Waals surface area contributed by atoms with Crippen LogP contribution in [0.2, 0.25) is 5.02 Å². The Labute approximate surface area is 211 Å². The molecule has 1 fully saturated rings. The topological polar surface area (TPSA) is 62.2 Å². The predicted molar refractivity (Wildman–Crippen MR) is 139 cm³/mol. The molecule has 1 saturated heterocycles. The van der Waals surface area contributed by atoms with E-state index in [1.54, 1.807) is 30.3 Å². The first-order valence-corrected chi connectivity index (χ1v) is 12.5. The maximum Gasteiger partial charge on any atom is 0.150 e. The van der Waals surface area contributed by atoms with Crippen molar-refractivity contribution in [2.24, 2.45) is 5.92 Å². The van der Waals surface area contributed by atoms with E-state index in [1.807, 2.05) is 37.3 Å². The van der Waals surface area contributed by atoms with E-state index in [9.17, 15) is 10.2 Å². The van der Waals surface area contributed by atoms with Crippen molar-refractivity contribution in [3.63, 3.8) is 0 Å². The van der Waals surface area contributed by atoms with Crippen molar-refractivity contribution in [1.29, 1.82) is 0 Å². The number of ether oxygens (including phenoxy) is 2. The van der Waals surface area contributed by atoms with Gasteiger partial charge in [0.2, 0.25) is 0 Å². The third-order valence-corrected chi connectivity index (χ3v) is 7.32. The lowest BCUT2D eigenvalue weighted by Crippen LogP contribution is -2.47. The Hall–Kier alpha value is -3.15. The van der Waals surface area contributed by atoms with Crippen LogP contribution in [0.1, 0.15) is 43.1 Å². The Morgan fingerprint density at radius 3 is 2.51 bits per heavy atom. The van der Waals surface area contributed by atoms with Crippen LogP contribution in [0.3, 0.4) is 0 Å². The summed E-state index contributed by atoms with van der Waals surface area (Å²) in [7, 11) is 0. The number of likely N-dealkylation sites (tertiary alicyclic amines) is 1. The first-order valence-electron chi connectivity index (χ1n) is 12.1. The summed E-state index contributed by atoms with van der Waals surface area (Å²) in [6.07, 6.45) is 0.855. The van der Waals surface area contributed by atoms with E-state index in [0.29, 0.717) is 17.4 Å². The Balaban J connectivity index is 1.40. The Morgan fingerprint density at radius 1 is 1.03 bits per heavy atom. The Morgan fingerprint density at radius 2 is 1.80 bits per heavy atom. The van der Waals surface area contributed by atoms with Gasteiger partial charge in [-0.15, -0.1) is 0 Å². The third-order valence-electron chi connectivity index (χ3n) is 7.00. The number of phenolic OH excluding ortho intramolecular Hbond substituents is 2. The van der Waals surface area contributed by atoms with E-state index in [1.165, 1.54) is 19.5 Å². The monoisotopic (exact) mass is 491 g/mol. The van der Waals surface area contributed by atoms with Crippen molar-refractivity contribution in [2.75, 3.05) is 26.2 Å². The van der Waals surface area contributed by atoms with Gasteiger partial charge in [0.15, 0.2) is 0 Å². The molecule has 0 saturated carbocycles. The molecule has 0 aliphatic carbocycles. The van der Waals surface area contributed by atoms with E-state index in [2.05, 4.69) is 11.8 Å². The third kappa shape index (κ3) is 4.84. The van der Waals surface area contributed by atoms with Gasteiger partial charge in [0.25, 0.3) is 0 Å². The van der Waals surface area contributed by atoms with Crippen LogP contribution in [0, 0.1) is 5.92 Å². The van der Waals surface area contributed by atoms with Crippen LogP contribution in [0.5, 0.6) is 23.0 Å². The standard InChI is InChI=1S/C29H30ClNO4/c1-3-19-16-31(17-19)12-13-34-23-8-4-20(5-9-23)29-28(21-6-10-25(30)26(33)14-21)18(2)24-15-22(32)7-11-27(24)35-29/h4-11,14-15,19,29,32-33H,3,12-13,16-17H2,1-2H3. The molecule has 1 unspecified atom stereocenters. The zero-order chi connectivity index (χ0) is 24.5. The van der Waals surface area contributed by atoms with Gasteiger partial charge in [0.05, 0.1) is 5.02 Å². The van der Waals surface area contributed by atoms with Crippen molar-refractivity contribution in [3.05, 3.63) is 82.4 Å². The SMILES string of the molecule is CCC1CN(CCOc2ccc(C3Oc4ccc(O)cc4C(C)=C3c3ccc(Cl)c(O)c3)cc2)C1. The van der Waals surface area contributed by atoms with Crippen LogP contribution in [0.4, 0.5) is 0 Å². The van der Waals surface area contributed by atoms with Crippen LogP contribution in [0.25, 0.3) is 11.1 Å². The number of aromatic hydroxyl groups is 2. The molecular weight excluding hydrogens is 462 g/mol. The summed E-state index contributed by atoms with van der Waals surface area (Å²) in [6, 6.07) is 18.3. The highest BCUT2D eigenvalue weighted by atomic mass is 35.5. The number of rotatable bonds is 7. The molecule has 2 heterocycles. The zero-order valence-electron chi connectivity index (χ0n) is 20.0. The summed E-state index contributed by atoms with van der Waals surface area (Å²) in [5, 5.41) is 20.6. The van der Waals surface area contributed by atoms with E-state index < -0.39 is 6.10 Å². The largest absolute Gasteiger partial charge is 0.508 e. The number of hydrogen-bond acceptors (Lipinski definition) is 5. The number of allylic oxidation sites excluding steroid dienone is 1. The van der Waals surface area contributed by atoms with Crippen LogP contribution in [-0.4, -0.2) is 41.4 Å². The second kappa shape index (κ2) is 9.84. The molecule has 182 valence electrons. The molecular formula is C29H30ClNO4. The minimum Gasteiger partial charge on any atom is -0.508 e. The van der Waals surface area contributed by atoms with Crippen molar-refractivity contribution in [3.8, 4) is 23.0 Å². The predicted octanol–water partition coefficient (Wildman–Crippen LogP) is 6.54. The molecule has 2 aliphatic rings. The van der Waals surface area contributed by atoms with Crippen LogP contribution >= 0.6 is 11.6 Å². The highest BCUT2D eigenvalue weighted by Crippen LogP contribution is 2.48. The lowest BCUT2D eigenvalue weighted by molar-refractivity contribution is 0.0806. The molecule has 3 aromatic rings. The lowest BCUT2D eigenvalue weighted by Gasteiger charge is -2.38. The molecule has 2 aliphatic heterocycles. The summed E-state index contributed by atoms with van der Waals surface area (Å²) in [6.45, 7) is 8.21. The Bertz CT molecular complexity index is 1250. The van der Waals surface area contributed by atoms with Crippen LogP contribution in [-0.2, 0) is 0 Å². The van der Waals surface area contributed by atoms with Gasteiger partial charge < -0.3 is 19.7 Å². The maximum atomic E-state index is 10.3. The van der Waals surface area contributed by atoms with Gasteiger partial charge in [-0.25, -0.2) is 0 Å². The summed E-state index contributed by atoms with van der Waals surface area (Å²) < 4.78 is 12.4. The maximum absolute atomic E-state index is 10.3. The summed E-state index contributed by atoms with van der Waals surface area (Å²) in [4.78, 5) is 2.43. The molecule has 5 rings (SSSR count). The minimum atomic E-state index is -0.395. The summed E-state index contributed by atoms with van der Waals surface area (Å²) in [5.41, 5.74) is 4.47. The van der Waals surface area contributed by atoms with Gasteiger partial charge in [-0.3, -0.25) is 4.90 Å².